The van der Waals surface area contributed by atoms with Crippen LogP contribution in [0.4, 0.5) is 17.1 Å². The van der Waals surface area contributed by atoms with Crippen LogP contribution in [0.15, 0.2) is 67.0 Å². The molecule has 0 unspecified atom stereocenters. The van der Waals surface area contributed by atoms with Crippen molar-refractivity contribution >= 4 is 44.2 Å². The minimum Gasteiger partial charge on any atom is -0.464 e. The molecule has 2 aromatic heterocycles. The zero-order valence-corrected chi connectivity index (χ0v) is 19.6. The van der Waals surface area contributed by atoms with Crippen LogP contribution >= 0.6 is 0 Å². The number of nitrogen functional groups attached to an aromatic ring is 1. The second-order valence-corrected chi connectivity index (χ2v) is 8.73. The molecule has 0 aliphatic carbocycles. The second-order valence-electron chi connectivity index (χ2n) is 7.47. The van der Waals surface area contributed by atoms with Crippen molar-refractivity contribution in [1.29, 1.82) is 0 Å². The van der Waals surface area contributed by atoms with Gasteiger partial charge in [-0.05, 0) is 36.8 Å². The monoisotopic (exact) mass is 488 g/mol. The fraction of sp³-hybridized carbons (Fsp3) is 0.0800. The first-order valence-corrected chi connectivity index (χ1v) is 11.7. The summed E-state index contributed by atoms with van der Waals surface area (Å²) >= 11 is 0. The highest BCUT2D eigenvalue weighted by Crippen LogP contribution is 2.37. The summed E-state index contributed by atoms with van der Waals surface area (Å²) in [6, 6.07) is 15.1. The molecule has 4 rings (SSSR count). The average Bonchev–Trinajstić information content (AvgIpc) is 2.84. The molecule has 176 valence electrons. The Morgan fingerprint density at radius 3 is 2.57 bits per heavy atom. The molecule has 0 radical (unpaired) electrons. The van der Waals surface area contributed by atoms with E-state index >= 15 is 0 Å². The zero-order valence-electron chi connectivity index (χ0n) is 18.8. The lowest BCUT2D eigenvalue weighted by Crippen LogP contribution is -2.27. The van der Waals surface area contributed by atoms with Crippen LogP contribution in [0, 0.1) is 18.8 Å². The highest BCUT2D eigenvalue weighted by molar-refractivity contribution is 7.87. The number of aryl methyl sites for hydroxylation is 1. The van der Waals surface area contributed by atoms with Crippen molar-refractivity contribution < 1.29 is 22.5 Å². The SMILES string of the molecule is COC(=O)c1ncc(C#Cc2ccccc2N(c2c(C)ccc3cccnc23)S(=O)(=O)O)cc1N. The number of ether oxygens (including phenoxy) is 1. The van der Waals surface area contributed by atoms with Gasteiger partial charge in [0.15, 0.2) is 5.69 Å². The first-order valence-electron chi connectivity index (χ1n) is 10.3. The van der Waals surface area contributed by atoms with E-state index in [0.29, 0.717) is 27.6 Å². The van der Waals surface area contributed by atoms with Crippen LogP contribution in [0.25, 0.3) is 10.9 Å². The van der Waals surface area contributed by atoms with Crippen molar-refractivity contribution in [3.8, 4) is 11.8 Å². The third-order valence-corrected chi connectivity index (χ3v) is 5.98. The summed E-state index contributed by atoms with van der Waals surface area (Å²) in [6.07, 6.45) is 2.91. The van der Waals surface area contributed by atoms with Gasteiger partial charge in [0, 0.05) is 28.9 Å². The van der Waals surface area contributed by atoms with Gasteiger partial charge >= 0.3 is 16.3 Å². The summed E-state index contributed by atoms with van der Waals surface area (Å²) in [7, 11) is -3.55. The van der Waals surface area contributed by atoms with Gasteiger partial charge in [-0.2, -0.15) is 8.42 Å². The topological polar surface area (TPSA) is 136 Å². The van der Waals surface area contributed by atoms with Crippen LogP contribution in [0.3, 0.4) is 0 Å². The fourth-order valence-electron chi connectivity index (χ4n) is 3.56. The molecule has 10 heteroatoms. The third-order valence-electron chi connectivity index (χ3n) is 5.14. The van der Waals surface area contributed by atoms with Crippen LogP contribution in [0.2, 0.25) is 0 Å². The minimum atomic E-state index is -4.77. The number of para-hydroxylation sites is 1. The van der Waals surface area contributed by atoms with Crippen molar-refractivity contribution in [1.82, 2.24) is 9.97 Å². The van der Waals surface area contributed by atoms with E-state index in [1.807, 2.05) is 6.07 Å². The van der Waals surface area contributed by atoms with E-state index < -0.39 is 16.3 Å². The number of hydrogen-bond acceptors (Lipinski definition) is 7. The predicted octanol–water partition coefficient (Wildman–Crippen LogP) is 3.65. The van der Waals surface area contributed by atoms with Gasteiger partial charge in [-0.15, -0.1) is 0 Å². The number of methoxy groups -OCH3 is 1. The van der Waals surface area contributed by atoms with E-state index in [0.717, 1.165) is 4.31 Å². The van der Waals surface area contributed by atoms with Gasteiger partial charge in [-0.1, -0.05) is 42.2 Å². The van der Waals surface area contributed by atoms with E-state index in [9.17, 15) is 17.8 Å². The number of hydrogen-bond donors (Lipinski definition) is 2. The van der Waals surface area contributed by atoms with Crippen molar-refractivity contribution in [2.24, 2.45) is 0 Å². The molecule has 0 aliphatic heterocycles. The number of nitrogens with zero attached hydrogens (tertiary/aromatic N) is 3. The predicted molar refractivity (Wildman–Crippen MR) is 133 cm³/mol. The van der Waals surface area contributed by atoms with E-state index in [2.05, 4.69) is 26.5 Å². The Bertz CT molecular complexity index is 1620. The molecule has 0 saturated carbocycles. The standard InChI is InChI=1S/C25H20N4O5S/c1-16-9-11-19-7-5-13-27-22(19)24(16)29(35(31,32)33)21-8-4-3-6-18(21)12-10-17-14-20(26)23(28-15-17)25(30)34-2/h3-9,11,13-15H,26H2,1-2H3,(H,31,32,33). The average molecular weight is 489 g/mol. The molecule has 0 fully saturated rings. The molecule has 9 nitrogen and oxygen atoms in total. The maximum Gasteiger partial charge on any atom is 0.364 e. The van der Waals surface area contributed by atoms with Crippen molar-refractivity contribution in [2.45, 2.75) is 6.92 Å². The summed E-state index contributed by atoms with van der Waals surface area (Å²) in [5.41, 5.74) is 8.00. The number of benzene rings is 2. The molecule has 3 N–H and O–H groups in total. The van der Waals surface area contributed by atoms with Crippen LogP contribution in [-0.2, 0) is 15.0 Å². The number of nitrogens with two attached hydrogens (primary N) is 1. The molecule has 0 spiro atoms. The number of carbonyl (C=O) groups is 1. The molecule has 0 bridgehead atoms. The van der Waals surface area contributed by atoms with Gasteiger partial charge in [0.1, 0.15) is 0 Å². The van der Waals surface area contributed by atoms with E-state index in [1.165, 1.54) is 25.4 Å². The Kier molecular flexibility index (Phi) is 6.38. The van der Waals surface area contributed by atoms with Gasteiger partial charge in [-0.25, -0.2) is 14.1 Å². The summed E-state index contributed by atoms with van der Waals surface area (Å²) in [5.74, 6) is 5.11. The first-order chi connectivity index (χ1) is 16.7. The van der Waals surface area contributed by atoms with E-state index in [1.54, 1.807) is 49.5 Å². The maximum absolute atomic E-state index is 12.7. The molecule has 35 heavy (non-hydrogen) atoms. The van der Waals surface area contributed by atoms with E-state index in [4.69, 9.17) is 5.73 Å². The number of carbonyl (C=O) groups excluding carboxylic acids is 1. The number of fused-ring (bicyclic) bond motifs is 1. The Morgan fingerprint density at radius 1 is 1.09 bits per heavy atom. The Hall–Kier alpha value is -4.46. The number of rotatable bonds is 4. The second kappa shape index (κ2) is 9.42. The largest absolute Gasteiger partial charge is 0.464 e. The summed E-state index contributed by atoms with van der Waals surface area (Å²) < 4.78 is 41.1. The molecule has 0 atom stereocenters. The molecule has 0 aliphatic rings. The quantitative estimate of drug-likeness (QED) is 0.252. The number of aromatic nitrogens is 2. The van der Waals surface area contributed by atoms with Crippen LogP contribution in [-0.4, -0.2) is 36.0 Å². The molecular weight excluding hydrogens is 468 g/mol. The highest BCUT2D eigenvalue weighted by Gasteiger charge is 2.28. The van der Waals surface area contributed by atoms with Crippen LogP contribution in [0.5, 0.6) is 0 Å². The molecule has 0 saturated heterocycles. The fourth-order valence-corrected chi connectivity index (χ4v) is 4.43. The molecular formula is C25H20N4O5S. The normalized spacial score (nSPS) is 10.9. The van der Waals surface area contributed by atoms with Crippen LogP contribution < -0.4 is 10.0 Å². The zero-order chi connectivity index (χ0) is 25.2. The molecule has 4 aromatic rings. The first kappa shape index (κ1) is 23.7. The van der Waals surface area contributed by atoms with Gasteiger partial charge in [0.2, 0.25) is 0 Å². The number of pyridine rings is 2. The summed E-state index contributed by atoms with van der Waals surface area (Å²) in [5, 5.41) is 0.706. The Labute approximate surface area is 202 Å². The van der Waals surface area contributed by atoms with Gasteiger partial charge in [0.05, 0.1) is 29.7 Å². The Morgan fingerprint density at radius 2 is 1.86 bits per heavy atom. The Balaban J connectivity index is 1.87. The van der Waals surface area contributed by atoms with Crippen LogP contribution in [0.1, 0.15) is 27.2 Å². The van der Waals surface area contributed by atoms with Gasteiger partial charge in [-0.3, -0.25) is 9.54 Å². The van der Waals surface area contributed by atoms with Crippen molar-refractivity contribution in [3.63, 3.8) is 0 Å². The number of anilines is 3. The maximum atomic E-state index is 12.7. The molecule has 2 heterocycles. The van der Waals surface area contributed by atoms with E-state index in [-0.39, 0.29) is 22.8 Å². The van der Waals surface area contributed by atoms with Gasteiger partial charge < -0.3 is 10.5 Å². The lowest BCUT2D eigenvalue weighted by molar-refractivity contribution is 0.0595. The number of esters is 1. The lowest BCUT2D eigenvalue weighted by Gasteiger charge is -2.25. The van der Waals surface area contributed by atoms with Gasteiger partial charge in [0.25, 0.3) is 0 Å². The summed E-state index contributed by atoms with van der Waals surface area (Å²) in [4.78, 5) is 20.0. The summed E-state index contributed by atoms with van der Waals surface area (Å²) in [6.45, 7) is 1.73. The molecule has 0 amide bonds. The smallest absolute Gasteiger partial charge is 0.364 e. The van der Waals surface area contributed by atoms with Crippen molar-refractivity contribution in [3.05, 3.63) is 89.4 Å². The molecule has 2 aromatic carbocycles. The highest BCUT2D eigenvalue weighted by atomic mass is 32.2. The minimum absolute atomic E-state index is 0.0325. The lowest BCUT2D eigenvalue weighted by atomic mass is 10.1. The third kappa shape index (κ3) is 4.77. The van der Waals surface area contributed by atoms with Crippen molar-refractivity contribution in [2.75, 3.05) is 17.1 Å².